The van der Waals surface area contributed by atoms with Crippen molar-refractivity contribution in [3.63, 3.8) is 0 Å². The molecule has 4 rings (SSSR count). The van der Waals surface area contributed by atoms with E-state index in [-0.39, 0.29) is 41.8 Å². The first-order valence-electron chi connectivity index (χ1n) is 9.11. The molecule has 1 atom stereocenters. The Bertz CT molecular complexity index is 968. The minimum Gasteiger partial charge on any atom is -0.312 e. The van der Waals surface area contributed by atoms with Crippen LogP contribution in [-0.2, 0) is 16.0 Å². The molecule has 2 aliphatic rings. The lowest BCUT2D eigenvalue weighted by atomic mass is 9.78. The molecular formula is C20H20FN3O3S. The van der Waals surface area contributed by atoms with E-state index in [1.54, 1.807) is 0 Å². The van der Waals surface area contributed by atoms with Crippen molar-refractivity contribution in [2.24, 2.45) is 11.3 Å². The Morgan fingerprint density at radius 2 is 1.96 bits per heavy atom. The lowest BCUT2D eigenvalue weighted by molar-refractivity contribution is -0.122. The summed E-state index contributed by atoms with van der Waals surface area (Å²) in [7, 11) is 0. The number of nitrogens with one attached hydrogen (secondary N) is 1. The minimum atomic E-state index is -0.523. The molecule has 146 valence electrons. The molecular weight excluding hydrogens is 381 g/mol. The zero-order valence-corrected chi connectivity index (χ0v) is 16.4. The molecule has 2 aromatic rings. The van der Waals surface area contributed by atoms with Crippen LogP contribution in [0.3, 0.4) is 0 Å². The fourth-order valence-electron chi connectivity index (χ4n) is 3.73. The third-order valence-electron chi connectivity index (χ3n) is 5.10. The number of hydrogen-bond donors (Lipinski definition) is 1. The highest BCUT2D eigenvalue weighted by molar-refractivity contribution is 7.17. The minimum absolute atomic E-state index is 0.0581. The van der Waals surface area contributed by atoms with Crippen LogP contribution in [0.25, 0.3) is 0 Å². The molecule has 28 heavy (non-hydrogen) atoms. The number of benzene rings is 1. The maximum Gasteiger partial charge on any atom is 0.231 e. The first kappa shape index (κ1) is 18.7. The lowest BCUT2D eigenvalue weighted by Gasteiger charge is -2.26. The largest absolute Gasteiger partial charge is 0.312 e. The number of hydrogen-bond acceptors (Lipinski definition) is 5. The Balaban J connectivity index is 1.46. The summed E-state index contributed by atoms with van der Waals surface area (Å²) in [5.74, 6) is -1.32. The number of nitrogens with zero attached hydrogens (tertiary/aromatic N) is 2. The molecule has 1 aliphatic heterocycles. The van der Waals surface area contributed by atoms with Gasteiger partial charge in [0.05, 0.1) is 16.5 Å². The predicted octanol–water partition coefficient (Wildman–Crippen LogP) is 3.43. The number of Topliss-reactive ketones (excluding diaryl/α,β-unsaturated/α-hetero) is 1. The fourth-order valence-corrected chi connectivity index (χ4v) is 4.66. The lowest BCUT2D eigenvalue weighted by Crippen LogP contribution is -2.28. The Morgan fingerprint density at radius 3 is 2.68 bits per heavy atom. The van der Waals surface area contributed by atoms with Crippen LogP contribution in [0.15, 0.2) is 24.3 Å². The van der Waals surface area contributed by atoms with Crippen LogP contribution in [0.4, 0.5) is 15.2 Å². The van der Waals surface area contributed by atoms with Gasteiger partial charge in [-0.1, -0.05) is 25.2 Å². The highest BCUT2D eigenvalue weighted by Gasteiger charge is 2.37. The van der Waals surface area contributed by atoms with E-state index in [1.807, 2.05) is 13.8 Å². The van der Waals surface area contributed by atoms with Crippen molar-refractivity contribution in [3.05, 3.63) is 40.7 Å². The van der Waals surface area contributed by atoms with Crippen molar-refractivity contribution in [1.29, 1.82) is 0 Å². The summed E-state index contributed by atoms with van der Waals surface area (Å²) in [6.45, 7) is 4.28. The number of carbonyl (C=O) groups excluding carboxylic acids is 3. The monoisotopic (exact) mass is 401 g/mol. The second-order valence-electron chi connectivity index (χ2n) is 8.11. The van der Waals surface area contributed by atoms with Gasteiger partial charge in [-0.15, -0.1) is 0 Å². The highest BCUT2D eigenvalue weighted by atomic mass is 32.1. The van der Waals surface area contributed by atoms with Gasteiger partial charge in [0, 0.05) is 25.1 Å². The van der Waals surface area contributed by atoms with Crippen LogP contribution in [0.2, 0.25) is 0 Å². The Hall–Kier alpha value is -2.61. The molecule has 1 unspecified atom stereocenters. The summed E-state index contributed by atoms with van der Waals surface area (Å²) in [4.78, 5) is 43.8. The first-order chi connectivity index (χ1) is 13.2. The Kier molecular flexibility index (Phi) is 4.53. The van der Waals surface area contributed by atoms with Gasteiger partial charge in [0.15, 0.2) is 10.9 Å². The Labute approximate surface area is 165 Å². The van der Waals surface area contributed by atoms with E-state index < -0.39 is 5.92 Å². The Morgan fingerprint density at radius 1 is 1.25 bits per heavy atom. The average Bonchev–Trinajstić information content (AvgIpc) is 3.18. The molecule has 0 radical (unpaired) electrons. The molecule has 2 amide bonds. The third-order valence-corrected chi connectivity index (χ3v) is 6.15. The number of ketones is 1. The van der Waals surface area contributed by atoms with Gasteiger partial charge in [-0.2, -0.15) is 0 Å². The molecule has 1 fully saturated rings. The van der Waals surface area contributed by atoms with Crippen LogP contribution in [-0.4, -0.2) is 29.1 Å². The maximum absolute atomic E-state index is 13.1. The van der Waals surface area contributed by atoms with Crippen molar-refractivity contribution in [1.82, 2.24) is 4.98 Å². The number of rotatable bonds is 3. The molecule has 1 saturated heterocycles. The van der Waals surface area contributed by atoms with Crippen LogP contribution in [0.1, 0.15) is 42.1 Å². The van der Waals surface area contributed by atoms with Gasteiger partial charge in [-0.25, -0.2) is 9.37 Å². The van der Waals surface area contributed by atoms with Crippen molar-refractivity contribution >= 4 is 39.8 Å². The van der Waals surface area contributed by atoms with Gasteiger partial charge in [0.1, 0.15) is 5.82 Å². The molecule has 1 aromatic carbocycles. The van der Waals surface area contributed by atoms with Gasteiger partial charge in [0.25, 0.3) is 0 Å². The smallest absolute Gasteiger partial charge is 0.231 e. The number of amides is 2. The number of thiazole rings is 1. The zero-order chi connectivity index (χ0) is 20.1. The third kappa shape index (κ3) is 3.56. The van der Waals surface area contributed by atoms with Crippen molar-refractivity contribution in [2.45, 2.75) is 33.1 Å². The van der Waals surface area contributed by atoms with Gasteiger partial charge >= 0.3 is 0 Å². The van der Waals surface area contributed by atoms with Gasteiger partial charge < -0.3 is 10.2 Å². The highest BCUT2D eigenvalue weighted by Crippen LogP contribution is 2.38. The van der Waals surface area contributed by atoms with Crippen molar-refractivity contribution in [2.75, 3.05) is 16.8 Å². The van der Waals surface area contributed by atoms with E-state index in [9.17, 15) is 18.8 Å². The summed E-state index contributed by atoms with van der Waals surface area (Å²) >= 11 is 1.20. The molecule has 0 bridgehead atoms. The molecule has 0 spiro atoms. The molecule has 1 aromatic heterocycles. The average molecular weight is 401 g/mol. The number of anilines is 2. The van der Waals surface area contributed by atoms with E-state index in [0.29, 0.717) is 28.5 Å². The van der Waals surface area contributed by atoms with E-state index >= 15 is 0 Å². The topological polar surface area (TPSA) is 79.4 Å². The summed E-state index contributed by atoms with van der Waals surface area (Å²) in [6.07, 6.45) is 1.25. The number of carbonyl (C=O) groups is 3. The number of aromatic nitrogens is 1. The summed E-state index contributed by atoms with van der Waals surface area (Å²) in [5, 5.41) is 3.16. The van der Waals surface area contributed by atoms with Crippen LogP contribution in [0, 0.1) is 17.2 Å². The van der Waals surface area contributed by atoms with E-state index in [4.69, 9.17) is 0 Å². The van der Waals surface area contributed by atoms with Gasteiger partial charge in [-0.05, 0) is 36.1 Å². The van der Waals surface area contributed by atoms with Crippen LogP contribution >= 0.6 is 11.3 Å². The van der Waals surface area contributed by atoms with E-state index in [0.717, 1.165) is 5.69 Å². The zero-order valence-electron chi connectivity index (χ0n) is 15.6. The standard InChI is InChI=1S/C20H20FN3O3S/c1-20(2)8-14-17(15(25)9-20)28-19(22-14)23-18(27)11-7-16(26)24(10-11)13-5-3-12(21)4-6-13/h3-6,11H,7-10H2,1-2H3,(H,22,23,27). The second-order valence-corrected chi connectivity index (χ2v) is 9.11. The molecule has 0 saturated carbocycles. The molecule has 1 N–H and O–H groups in total. The quantitative estimate of drug-likeness (QED) is 0.855. The number of halogens is 1. The first-order valence-corrected chi connectivity index (χ1v) is 9.93. The van der Waals surface area contributed by atoms with Crippen molar-refractivity contribution in [3.8, 4) is 0 Å². The predicted molar refractivity (Wildman–Crippen MR) is 104 cm³/mol. The van der Waals surface area contributed by atoms with Crippen LogP contribution < -0.4 is 10.2 Å². The molecule has 2 heterocycles. The van der Waals surface area contributed by atoms with Gasteiger partial charge in [0.2, 0.25) is 11.8 Å². The van der Waals surface area contributed by atoms with Crippen molar-refractivity contribution < 1.29 is 18.8 Å². The maximum atomic E-state index is 13.1. The molecule has 6 nitrogen and oxygen atoms in total. The summed E-state index contributed by atoms with van der Waals surface area (Å²) in [6, 6.07) is 5.62. The van der Waals surface area contributed by atoms with Crippen LogP contribution in [0.5, 0.6) is 0 Å². The summed E-state index contributed by atoms with van der Waals surface area (Å²) in [5.41, 5.74) is 1.17. The fraction of sp³-hybridized carbons (Fsp3) is 0.400. The SMILES string of the molecule is CC1(C)CC(=O)c2sc(NC(=O)C3CC(=O)N(c4ccc(F)cc4)C3)nc2C1. The molecule has 8 heteroatoms. The second kappa shape index (κ2) is 6.77. The summed E-state index contributed by atoms with van der Waals surface area (Å²) < 4.78 is 13.1. The van der Waals surface area contributed by atoms with Gasteiger partial charge in [-0.3, -0.25) is 14.4 Å². The number of fused-ring (bicyclic) bond motifs is 1. The molecule has 1 aliphatic carbocycles. The van der Waals surface area contributed by atoms with E-state index in [2.05, 4.69) is 10.3 Å². The van der Waals surface area contributed by atoms with E-state index in [1.165, 1.54) is 40.5 Å². The normalized spacial score (nSPS) is 21.0.